The molecule has 0 spiro atoms. The van der Waals surface area contributed by atoms with E-state index in [1.54, 1.807) is 16.7 Å². The Morgan fingerprint density at radius 1 is 0.821 bits per heavy atom. The molecule has 0 aromatic heterocycles. The van der Waals surface area contributed by atoms with E-state index in [0.29, 0.717) is 0 Å². The highest BCUT2D eigenvalue weighted by Crippen LogP contribution is 2.36. The Labute approximate surface area is 176 Å². The minimum Gasteiger partial charge on any atom is -0.412 e. The van der Waals surface area contributed by atoms with E-state index in [9.17, 15) is 0 Å². The summed E-state index contributed by atoms with van der Waals surface area (Å²) < 4.78 is 0. The van der Waals surface area contributed by atoms with Crippen LogP contribution in [0.2, 0.25) is 0 Å². The number of hydrogen-bond acceptors (Lipinski definition) is 0. The summed E-state index contributed by atoms with van der Waals surface area (Å²) in [5, 5.41) is 0. The van der Waals surface area contributed by atoms with Gasteiger partial charge in [-0.05, 0) is 67.1 Å². The van der Waals surface area contributed by atoms with Crippen molar-refractivity contribution < 1.29 is 5.48 Å². The molecule has 2 N–H and O–H groups in total. The van der Waals surface area contributed by atoms with Crippen molar-refractivity contribution >= 4 is 0 Å². The van der Waals surface area contributed by atoms with Crippen molar-refractivity contribution in [2.75, 3.05) is 0 Å². The third-order valence-corrected chi connectivity index (χ3v) is 6.87. The molecule has 1 heteroatoms. The van der Waals surface area contributed by atoms with Crippen LogP contribution < -0.4 is 0 Å². The highest BCUT2D eigenvalue weighted by molar-refractivity contribution is 5.37. The summed E-state index contributed by atoms with van der Waals surface area (Å²) in [7, 11) is 0. The molecule has 1 atom stereocenters. The summed E-state index contributed by atoms with van der Waals surface area (Å²) in [6.45, 7) is 6.30. The van der Waals surface area contributed by atoms with Gasteiger partial charge in [0.15, 0.2) is 0 Å². The number of benzene rings is 1. The number of aryl methyl sites for hydroxylation is 1. The topological polar surface area (TPSA) is 31.5 Å². The summed E-state index contributed by atoms with van der Waals surface area (Å²) in [6, 6.07) is 7.20. The molecule has 2 aliphatic carbocycles. The van der Waals surface area contributed by atoms with E-state index in [4.69, 9.17) is 0 Å². The van der Waals surface area contributed by atoms with Crippen LogP contribution in [0.5, 0.6) is 0 Å². The number of hydrogen-bond donors (Lipinski definition) is 0. The second kappa shape index (κ2) is 15.1. The normalized spacial score (nSPS) is 18.8. The van der Waals surface area contributed by atoms with Crippen LogP contribution in [0, 0.1) is 11.8 Å². The fourth-order valence-electron chi connectivity index (χ4n) is 5.39. The third kappa shape index (κ3) is 8.27. The molecule has 1 saturated carbocycles. The van der Waals surface area contributed by atoms with E-state index in [1.165, 1.54) is 103 Å². The van der Waals surface area contributed by atoms with Gasteiger partial charge >= 0.3 is 0 Å². The van der Waals surface area contributed by atoms with Crippen LogP contribution in [0.1, 0.15) is 121 Å². The van der Waals surface area contributed by atoms with Gasteiger partial charge in [-0.2, -0.15) is 0 Å². The van der Waals surface area contributed by atoms with Gasteiger partial charge in [0.2, 0.25) is 0 Å². The lowest BCUT2D eigenvalue weighted by atomic mass is 9.77. The molecule has 1 nitrogen and oxygen atoms in total. The average molecular weight is 389 g/mol. The quantitative estimate of drug-likeness (QED) is 0.365. The molecule has 0 bridgehead atoms. The lowest BCUT2D eigenvalue weighted by Gasteiger charge is -2.28. The van der Waals surface area contributed by atoms with Crippen LogP contribution in [0.3, 0.4) is 0 Å². The summed E-state index contributed by atoms with van der Waals surface area (Å²) in [5.74, 6) is 2.03. The minimum atomic E-state index is 0. The molecule has 0 amide bonds. The van der Waals surface area contributed by atoms with Crippen molar-refractivity contribution in [3.05, 3.63) is 34.9 Å². The fourth-order valence-corrected chi connectivity index (χ4v) is 5.39. The summed E-state index contributed by atoms with van der Waals surface area (Å²) >= 11 is 0. The Morgan fingerprint density at radius 2 is 1.50 bits per heavy atom. The van der Waals surface area contributed by atoms with E-state index < -0.39 is 0 Å². The van der Waals surface area contributed by atoms with Gasteiger partial charge in [-0.1, -0.05) is 103 Å². The van der Waals surface area contributed by atoms with Crippen molar-refractivity contribution in [2.24, 2.45) is 11.8 Å². The van der Waals surface area contributed by atoms with Gasteiger partial charge in [0.05, 0.1) is 0 Å². The van der Waals surface area contributed by atoms with Gasteiger partial charge in [0.25, 0.3) is 0 Å². The molecular weight excluding hydrogens is 340 g/mol. The van der Waals surface area contributed by atoms with Gasteiger partial charge in [-0.3, -0.25) is 0 Å². The number of rotatable bonds is 10. The highest BCUT2D eigenvalue weighted by Gasteiger charge is 2.24. The smallest absolute Gasteiger partial charge is 0.0247 e. The summed E-state index contributed by atoms with van der Waals surface area (Å²) in [6.07, 6.45) is 23.0. The monoisotopic (exact) mass is 388 g/mol. The van der Waals surface area contributed by atoms with Crippen LogP contribution in [0.4, 0.5) is 0 Å². The Bertz CT molecular complexity index is 501. The second-order valence-electron chi connectivity index (χ2n) is 8.92. The zero-order valence-electron chi connectivity index (χ0n) is 19.2. The number of fused-ring (bicyclic) bond motifs is 1. The Morgan fingerprint density at radius 3 is 2.21 bits per heavy atom. The first kappa shape index (κ1) is 25.2. The second-order valence-corrected chi connectivity index (χ2v) is 8.92. The maximum atomic E-state index is 2.43. The van der Waals surface area contributed by atoms with Crippen molar-refractivity contribution in [2.45, 2.75) is 124 Å². The SMILES string of the molecule is CC.CCCCCCCCCc1cccc2c1CCC(CC1CCCC1)C2.O. The zero-order chi connectivity index (χ0) is 19.3. The standard InChI is InChI=1S/C25H40.C2H6.H2O/c1-2-3-4-5-6-7-8-14-23-15-11-16-24-20-22(17-18-25(23)24)19-21-12-9-10-13-21;1-2;/h11,15-16,21-22H,2-10,12-14,17-20H2,1H3;1-2H3;1H2. The molecule has 162 valence electrons. The van der Waals surface area contributed by atoms with Crippen molar-refractivity contribution in [3.63, 3.8) is 0 Å². The fraction of sp³-hybridized carbons (Fsp3) is 0.778. The summed E-state index contributed by atoms with van der Waals surface area (Å²) in [5.41, 5.74) is 5.14. The molecule has 1 unspecified atom stereocenters. The molecule has 28 heavy (non-hydrogen) atoms. The highest BCUT2D eigenvalue weighted by atomic mass is 16.0. The zero-order valence-corrected chi connectivity index (χ0v) is 19.2. The number of unbranched alkanes of at least 4 members (excludes halogenated alkanes) is 6. The predicted octanol–water partition coefficient (Wildman–Crippen LogP) is 7.87. The lowest BCUT2D eigenvalue weighted by Crippen LogP contribution is -2.18. The molecule has 1 aromatic rings. The van der Waals surface area contributed by atoms with Crippen molar-refractivity contribution in [1.29, 1.82) is 0 Å². The first-order valence-corrected chi connectivity index (χ1v) is 12.5. The summed E-state index contributed by atoms with van der Waals surface area (Å²) in [4.78, 5) is 0. The Hall–Kier alpha value is -0.820. The van der Waals surface area contributed by atoms with E-state index >= 15 is 0 Å². The van der Waals surface area contributed by atoms with Gasteiger partial charge in [-0.25, -0.2) is 0 Å². The molecule has 0 aliphatic heterocycles. The van der Waals surface area contributed by atoms with Crippen LogP contribution in [-0.2, 0) is 19.3 Å². The van der Waals surface area contributed by atoms with Crippen LogP contribution in [-0.4, -0.2) is 5.48 Å². The Balaban J connectivity index is 0.00000127. The van der Waals surface area contributed by atoms with E-state index in [-0.39, 0.29) is 5.48 Å². The molecule has 1 fully saturated rings. The third-order valence-electron chi connectivity index (χ3n) is 6.87. The van der Waals surface area contributed by atoms with Gasteiger partial charge < -0.3 is 5.48 Å². The maximum Gasteiger partial charge on any atom is -0.0247 e. The predicted molar refractivity (Wildman–Crippen MR) is 125 cm³/mol. The molecule has 0 heterocycles. The van der Waals surface area contributed by atoms with Crippen molar-refractivity contribution in [1.82, 2.24) is 0 Å². The van der Waals surface area contributed by atoms with Gasteiger partial charge in [-0.15, -0.1) is 0 Å². The van der Waals surface area contributed by atoms with Crippen molar-refractivity contribution in [3.8, 4) is 0 Å². The van der Waals surface area contributed by atoms with Crippen LogP contribution in [0.25, 0.3) is 0 Å². The average Bonchev–Trinajstić information content (AvgIpc) is 3.22. The molecule has 0 saturated heterocycles. The molecular formula is C27H48O. The molecule has 3 rings (SSSR count). The molecule has 0 radical (unpaired) electrons. The van der Waals surface area contributed by atoms with E-state index in [0.717, 1.165) is 11.8 Å². The van der Waals surface area contributed by atoms with Gasteiger partial charge in [0, 0.05) is 0 Å². The van der Waals surface area contributed by atoms with Gasteiger partial charge in [0.1, 0.15) is 0 Å². The Kier molecular flexibility index (Phi) is 13.6. The van der Waals surface area contributed by atoms with E-state index in [2.05, 4.69) is 25.1 Å². The first-order chi connectivity index (χ1) is 13.4. The lowest BCUT2D eigenvalue weighted by molar-refractivity contribution is 0.343. The largest absolute Gasteiger partial charge is 0.412 e. The molecule has 1 aromatic carbocycles. The van der Waals surface area contributed by atoms with Crippen LogP contribution >= 0.6 is 0 Å². The minimum absolute atomic E-state index is 0. The van der Waals surface area contributed by atoms with Crippen LogP contribution in [0.15, 0.2) is 18.2 Å². The molecule has 2 aliphatic rings. The van der Waals surface area contributed by atoms with E-state index in [1.807, 2.05) is 13.8 Å². The first-order valence-electron chi connectivity index (χ1n) is 12.5. The maximum absolute atomic E-state index is 2.43.